The topological polar surface area (TPSA) is 68.5 Å². The van der Waals surface area contributed by atoms with Crippen LogP contribution >= 0.6 is 11.3 Å². The molecule has 0 radical (unpaired) electrons. The number of aromatic nitrogens is 2. The second-order valence-electron chi connectivity index (χ2n) is 5.42. The van der Waals surface area contributed by atoms with Crippen LogP contribution in [0.4, 0.5) is 5.69 Å². The smallest absolute Gasteiger partial charge is 0.264 e. The summed E-state index contributed by atoms with van der Waals surface area (Å²) >= 11 is 1.56. The summed E-state index contributed by atoms with van der Waals surface area (Å²) in [6.07, 6.45) is 1.51. The molecule has 1 aliphatic rings. The summed E-state index contributed by atoms with van der Waals surface area (Å²) in [4.78, 5) is 18.9. The Balaban J connectivity index is 1.43. The average Bonchev–Trinajstić information content (AvgIpc) is 3.34. The zero-order valence-corrected chi connectivity index (χ0v) is 13.7. The summed E-state index contributed by atoms with van der Waals surface area (Å²) < 4.78 is 10.9. The Hall–Kier alpha value is -2.67. The molecule has 3 aromatic rings. The van der Waals surface area contributed by atoms with Crippen LogP contribution in [0.25, 0.3) is 10.7 Å². The Kier molecular flexibility index (Phi) is 4.00. The summed E-state index contributed by atoms with van der Waals surface area (Å²) in [6.45, 7) is 0.950. The molecule has 0 saturated carbocycles. The third-order valence-corrected chi connectivity index (χ3v) is 4.64. The van der Waals surface area contributed by atoms with Gasteiger partial charge in [0, 0.05) is 24.7 Å². The van der Waals surface area contributed by atoms with Crippen molar-refractivity contribution in [2.45, 2.75) is 19.4 Å². The molecule has 7 heteroatoms. The van der Waals surface area contributed by atoms with E-state index in [9.17, 15) is 4.79 Å². The van der Waals surface area contributed by atoms with Gasteiger partial charge in [-0.15, -0.1) is 11.3 Å². The van der Waals surface area contributed by atoms with E-state index in [4.69, 9.17) is 9.26 Å². The Morgan fingerprint density at radius 3 is 3.04 bits per heavy atom. The van der Waals surface area contributed by atoms with Crippen LogP contribution in [0.1, 0.15) is 18.7 Å². The quantitative estimate of drug-likeness (QED) is 0.710. The fourth-order valence-electron chi connectivity index (χ4n) is 2.63. The number of anilines is 1. The molecule has 0 aliphatic carbocycles. The van der Waals surface area contributed by atoms with E-state index in [1.54, 1.807) is 16.2 Å². The monoisotopic (exact) mass is 341 g/mol. The molecule has 122 valence electrons. The number of benzene rings is 1. The standard InChI is InChI=1S/C17H15N3O3S/c21-16-7-2-8-20(16)12-4-1-5-13(10-12)22-11-15-18-17(19-23-15)14-6-3-9-24-14/h1,3-6,9-10H,2,7-8,11H2. The molecule has 6 nitrogen and oxygen atoms in total. The SMILES string of the molecule is O=C1CCCN1c1cccc(OCc2nc(-c3cccs3)no2)c1. The third kappa shape index (κ3) is 3.03. The van der Waals surface area contributed by atoms with Crippen LogP contribution in [-0.2, 0) is 11.4 Å². The second-order valence-corrected chi connectivity index (χ2v) is 6.37. The maximum absolute atomic E-state index is 11.8. The number of carbonyl (C=O) groups excluding carboxylic acids is 1. The first-order valence-corrected chi connectivity index (χ1v) is 8.57. The van der Waals surface area contributed by atoms with Gasteiger partial charge in [-0.2, -0.15) is 4.98 Å². The molecule has 0 N–H and O–H groups in total. The summed E-state index contributed by atoms with van der Waals surface area (Å²) in [7, 11) is 0. The molecule has 2 aromatic heterocycles. The molecule has 1 aromatic carbocycles. The number of ether oxygens (including phenoxy) is 1. The van der Waals surface area contributed by atoms with Crippen molar-refractivity contribution in [3.05, 3.63) is 47.7 Å². The maximum atomic E-state index is 11.8. The molecular weight excluding hydrogens is 326 g/mol. The lowest BCUT2D eigenvalue weighted by atomic mass is 10.3. The van der Waals surface area contributed by atoms with Crippen molar-refractivity contribution < 1.29 is 14.1 Å². The van der Waals surface area contributed by atoms with Crippen molar-refractivity contribution in [3.8, 4) is 16.5 Å². The van der Waals surface area contributed by atoms with Crippen LogP contribution in [0.2, 0.25) is 0 Å². The Bertz CT molecular complexity index is 844. The molecule has 1 amide bonds. The number of amides is 1. The summed E-state index contributed by atoms with van der Waals surface area (Å²) in [5.41, 5.74) is 0.861. The largest absolute Gasteiger partial charge is 0.484 e. The van der Waals surface area contributed by atoms with Gasteiger partial charge in [0.25, 0.3) is 5.89 Å². The fourth-order valence-corrected chi connectivity index (χ4v) is 3.28. The molecule has 1 fully saturated rings. The van der Waals surface area contributed by atoms with Crippen LogP contribution in [0.5, 0.6) is 5.75 Å². The number of rotatable bonds is 5. The van der Waals surface area contributed by atoms with Gasteiger partial charge >= 0.3 is 0 Å². The lowest BCUT2D eigenvalue weighted by Gasteiger charge is -2.16. The van der Waals surface area contributed by atoms with E-state index in [-0.39, 0.29) is 12.5 Å². The van der Waals surface area contributed by atoms with Crippen LogP contribution in [0.15, 0.2) is 46.3 Å². The van der Waals surface area contributed by atoms with Crippen molar-refractivity contribution in [3.63, 3.8) is 0 Å². The van der Waals surface area contributed by atoms with Gasteiger partial charge in [0.2, 0.25) is 11.7 Å². The molecule has 1 saturated heterocycles. The van der Waals surface area contributed by atoms with Crippen molar-refractivity contribution in [1.82, 2.24) is 10.1 Å². The van der Waals surface area contributed by atoms with Crippen LogP contribution < -0.4 is 9.64 Å². The Labute approximate surface area is 142 Å². The fraction of sp³-hybridized carbons (Fsp3) is 0.235. The predicted molar refractivity (Wildman–Crippen MR) is 90.0 cm³/mol. The van der Waals surface area contributed by atoms with Gasteiger partial charge in [-0.05, 0) is 30.0 Å². The molecule has 3 heterocycles. The maximum Gasteiger partial charge on any atom is 0.264 e. The van der Waals surface area contributed by atoms with Crippen molar-refractivity contribution in [1.29, 1.82) is 0 Å². The van der Waals surface area contributed by atoms with Crippen molar-refractivity contribution in [2.75, 3.05) is 11.4 Å². The lowest BCUT2D eigenvalue weighted by molar-refractivity contribution is -0.117. The minimum absolute atomic E-state index is 0.157. The van der Waals surface area contributed by atoms with Gasteiger partial charge in [0.05, 0.1) is 4.88 Å². The van der Waals surface area contributed by atoms with E-state index < -0.39 is 0 Å². The van der Waals surface area contributed by atoms with Crippen molar-refractivity contribution >= 4 is 22.9 Å². The summed E-state index contributed by atoms with van der Waals surface area (Å²) in [5, 5.41) is 5.92. The molecule has 24 heavy (non-hydrogen) atoms. The van der Waals surface area contributed by atoms with E-state index >= 15 is 0 Å². The van der Waals surface area contributed by atoms with Gasteiger partial charge < -0.3 is 14.2 Å². The number of nitrogens with zero attached hydrogens (tertiary/aromatic N) is 3. The summed E-state index contributed by atoms with van der Waals surface area (Å²) in [5.74, 6) is 1.81. The van der Waals surface area contributed by atoms with Gasteiger partial charge in [-0.3, -0.25) is 4.79 Å². The molecule has 1 aliphatic heterocycles. The highest BCUT2D eigenvalue weighted by Crippen LogP contribution is 2.26. The minimum Gasteiger partial charge on any atom is -0.484 e. The first-order valence-electron chi connectivity index (χ1n) is 7.69. The molecule has 0 spiro atoms. The van der Waals surface area contributed by atoms with E-state index in [2.05, 4.69) is 10.1 Å². The highest BCUT2D eigenvalue weighted by molar-refractivity contribution is 7.13. The number of carbonyl (C=O) groups is 1. The second kappa shape index (κ2) is 6.45. The zero-order valence-electron chi connectivity index (χ0n) is 12.8. The van der Waals surface area contributed by atoms with Gasteiger partial charge in [0.15, 0.2) is 6.61 Å². The van der Waals surface area contributed by atoms with Gasteiger partial charge in [0.1, 0.15) is 5.75 Å². The van der Waals surface area contributed by atoms with Crippen LogP contribution in [-0.4, -0.2) is 22.6 Å². The normalized spacial score (nSPS) is 14.3. The van der Waals surface area contributed by atoms with Gasteiger partial charge in [-0.1, -0.05) is 17.3 Å². The first-order chi connectivity index (χ1) is 11.8. The van der Waals surface area contributed by atoms with Crippen LogP contribution in [0.3, 0.4) is 0 Å². The zero-order chi connectivity index (χ0) is 16.4. The Morgan fingerprint density at radius 1 is 1.29 bits per heavy atom. The first kappa shape index (κ1) is 14.9. The molecule has 0 atom stereocenters. The average molecular weight is 341 g/mol. The minimum atomic E-state index is 0.157. The number of hydrogen-bond acceptors (Lipinski definition) is 6. The molecule has 0 bridgehead atoms. The van der Waals surface area contributed by atoms with Crippen LogP contribution in [0, 0.1) is 0 Å². The van der Waals surface area contributed by atoms with Gasteiger partial charge in [-0.25, -0.2) is 0 Å². The molecule has 0 unspecified atom stereocenters. The van der Waals surface area contributed by atoms with E-state index in [1.165, 1.54) is 0 Å². The van der Waals surface area contributed by atoms with E-state index in [1.807, 2.05) is 41.8 Å². The molecular formula is C17H15N3O3S. The highest BCUT2D eigenvalue weighted by atomic mass is 32.1. The lowest BCUT2D eigenvalue weighted by Crippen LogP contribution is -2.23. The number of thiophene rings is 1. The van der Waals surface area contributed by atoms with E-state index in [0.29, 0.717) is 23.9 Å². The predicted octanol–water partition coefficient (Wildman–Crippen LogP) is 3.50. The Morgan fingerprint density at radius 2 is 2.25 bits per heavy atom. The third-order valence-electron chi connectivity index (χ3n) is 3.77. The van der Waals surface area contributed by atoms with E-state index in [0.717, 1.165) is 23.5 Å². The molecule has 4 rings (SSSR count). The highest BCUT2D eigenvalue weighted by Gasteiger charge is 2.21. The summed E-state index contributed by atoms with van der Waals surface area (Å²) in [6, 6.07) is 11.4. The number of hydrogen-bond donors (Lipinski definition) is 0. The van der Waals surface area contributed by atoms with Crippen molar-refractivity contribution in [2.24, 2.45) is 0 Å².